The van der Waals surface area contributed by atoms with Crippen LogP contribution in [0.1, 0.15) is 27.9 Å². The van der Waals surface area contributed by atoms with Gasteiger partial charge in [-0.15, -0.1) is 23.2 Å². The number of carbonyl (C=O) groups is 2. The van der Waals surface area contributed by atoms with E-state index in [0.29, 0.717) is 48.3 Å². The normalized spacial score (nSPS) is 11.3. The van der Waals surface area contributed by atoms with E-state index in [2.05, 4.69) is 33.0 Å². The Labute approximate surface area is 369 Å². The summed E-state index contributed by atoms with van der Waals surface area (Å²) in [6.07, 6.45) is 6.63. The number of amides is 2. The van der Waals surface area contributed by atoms with E-state index in [1.54, 1.807) is 36.4 Å². The summed E-state index contributed by atoms with van der Waals surface area (Å²) in [4.78, 5) is 35.1. The van der Waals surface area contributed by atoms with E-state index in [-0.39, 0.29) is 32.5 Å². The molecule has 0 saturated heterocycles. The molecule has 0 spiro atoms. The standard InChI is InChI=1S/C28H32Cl2N6O2S.2C7H8O3S/c1-35-18-21(31-26(37)10-15-39(2)3)17-25(35)27-33-23-9-4-19(16-24(23)34-27)28(38)32-20-5-7-22(8-6-20)36(13-11-29)14-12-30;2*1-6-2-4-7(5-3-6)11(8,9)10/h4-9,16-18H,10-15H2,1-3H3,(H2-,31,32,33,34,37,38);2*2-5H,1H3,(H,8,9,10). The fraction of sp³-hybridized carbons (Fsp3) is 0.262. The highest BCUT2D eigenvalue weighted by Gasteiger charge is 2.16. The minimum Gasteiger partial charge on any atom is -0.744 e. The summed E-state index contributed by atoms with van der Waals surface area (Å²) < 4.78 is 62.6. The number of halogens is 2. The molecule has 0 fully saturated rings. The van der Waals surface area contributed by atoms with E-state index in [1.165, 1.54) is 24.3 Å². The number of alkyl halides is 2. The molecule has 0 bridgehead atoms. The van der Waals surface area contributed by atoms with Gasteiger partial charge in [0.2, 0.25) is 5.91 Å². The molecule has 14 nitrogen and oxygen atoms in total. The smallest absolute Gasteiger partial charge is 0.294 e. The van der Waals surface area contributed by atoms with Gasteiger partial charge in [0.1, 0.15) is 15.9 Å². The van der Waals surface area contributed by atoms with Gasteiger partial charge in [0.25, 0.3) is 16.0 Å². The Balaban J connectivity index is 0.000000301. The van der Waals surface area contributed by atoms with Crippen LogP contribution in [0.2, 0.25) is 0 Å². The zero-order chi connectivity index (χ0) is 44.9. The zero-order valence-corrected chi connectivity index (χ0v) is 38.1. The number of imidazole rings is 1. The van der Waals surface area contributed by atoms with Crippen molar-refractivity contribution >= 4 is 94.2 Å². The minimum absolute atomic E-state index is 0.00564. The lowest BCUT2D eigenvalue weighted by molar-refractivity contribution is -0.115. The number of aromatic nitrogens is 3. The Hall–Kier alpha value is -4.88. The van der Waals surface area contributed by atoms with E-state index < -0.39 is 20.2 Å². The summed E-state index contributed by atoms with van der Waals surface area (Å²) in [5.41, 5.74) is 7.14. The minimum atomic E-state index is -4.27. The highest BCUT2D eigenvalue weighted by molar-refractivity contribution is 7.95. The Morgan fingerprint density at radius 2 is 1.39 bits per heavy atom. The average Bonchev–Trinajstić information content (AvgIpc) is 3.79. The van der Waals surface area contributed by atoms with Crippen molar-refractivity contribution in [2.24, 2.45) is 7.05 Å². The molecule has 2 heterocycles. The molecule has 19 heteroatoms. The van der Waals surface area contributed by atoms with Crippen LogP contribution in [0.25, 0.3) is 22.6 Å². The first-order valence-electron chi connectivity index (χ1n) is 18.6. The summed E-state index contributed by atoms with van der Waals surface area (Å²) in [6, 6.07) is 26.7. The molecule has 0 aliphatic rings. The summed E-state index contributed by atoms with van der Waals surface area (Å²) in [6.45, 7) is 5.06. The van der Waals surface area contributed by atoms with Crippen molar-refractivity contribution in [3.8, 4) is 11.5 Å². The van der Waals surface area contributed by atoms with Crippen molar-refractivity contribution in [2.75, 3.05) is 58.6 Å². The van der Waals surface area contributed by atoms with Gasteiger partial charge in [-0.25, -0.2) is 13.4 Å². The van der Waals surface area contributed by atoms with E-state index in [4.69, 9.17) is 32.7 Å². The quantitative estimate of drug-likeness (QED) is 0.0482. The predicted octanol–water partition coefficient (Wildman–Crippen LogP) is 7.45. The second-order valence-electron chi connectivity index (χ2n) is 14.0. The molecule has 6 aromatic rings. The van der Waals surface area contributed by atoms with E-state index in [9.17, 15) is 31.0 Å². The van der Waals surface area contributed by atoms with E-state index in [1.807, 2.05) is 68.1 Å². The van der Waals surface area contributed by atoms with Crippen LogP contribution >= 0.6 is 23.2 Å². The summed E-state index contributed by atoms with van der Waals surface area (Å²) in [5.74, 6) is 2.33. The maximum Gasteiger partial charge on any atom is 0.294 e. The van der Waals surface area contributed by atoms with Crippen LogP contribution in [0.3, 0.4) is 0 Å². The summed E-state index contributed by atoms with van der Waals surface area (Å²) >= 11 is 11.8. The summed E-state index contributed by atoms with van der Waals surface area (Å²) in [5, 5.41) is 5.92. The predicted molar refractivity (Wildman–Crippen MR) is 246 cm³/mol. The van der Waals surface area contributed by atoms with Crippen LogP contribution in [0, 0.1) is 13.8 Å². The Morgan fingerprint density at radius 3 is 1.92 bits per heavy atom. The fourth-order valence-electron chi connectivity index (χ4n) is 5.61. The molecule has 4 aromatic carbocycles. The lowest BCUT2D eigenvalue weighted by Gasteiger charge is -2.23. The number of rotatable bonds is 14. The molecule has 61 heavy (non-hydrogen) atoms. The molecular formula is C42H48Cl2N6O8S3. The van der Waals surface area contributed by atoms with E-state index in [0.717, 1.165) is 45.0 Å². The molecule has 0 atom stereocenters. The number of aromatic amines is 1. The van der Waals surface area contributed by atoms with Crippen molar-refractivity contribution in [3.63, 3.8) is 0 Å². The van der Waals surface area contributed by atoms with Crippen molar-refractivity contribution in [2.45, 2.75) is 30.1 Å². The number of anilines is 3. The summed E-state index contributed by atoms with van der Waals surface area (Å²) in [7, 11) is -6.16. The highest BCUT2D eigenvalue weighted by Crippen LogP contribution is 2.26. The van der Waals surface area contributed by atoms with Gasteiger partial charge in [0.15, 0.2) is 5.82 Å². The Kier molecular flexibility index (Phi) is 17.8. The molecule has 2 amide bonds. The van der Waals surface area contributed by atoms with Crippen LogP contribution in [0.5, 0.6) is 0 Å². The molecular weight excluding hydrogens is 884 g/mol. The van der Waals surface area contributed by atoms with Crippen LogP contribution < -0.4 is 15.5 Å². The fourth-order valence-corrected chi connectivity index (χ4v) is 7.56. The molecule has 0 aliphatic heterocycles. The first-order chi connectivity index (χ1) is 28.8. The highest BCUT2D eigenvalue weighted by atomic mass is 35.5. The number of H-pyrrole nitrogens is 1. The average molecular weight is 932 g/mol. The van der Waals surface area contributed by atoms with Crippen molar-refractivity contribution in [1.82, 2.24) is 14.5 Å². The first-order valence-corrected chi connectivity index (χ1v) is 24.8. The van der Waals surface area contributed by atoms with Gasteiger partial charge in [0.05, 0.1) is 51.1 Å². The maximum absolute atomic E-state index is 13.0. The monoisotopic (exact) mass is 930 g/mol. The van der Waals surface area contributed by atoms with Crippen molar-refractivity contribution in [3.05, 3.63) is 120 Å². The second-order valence-corrected chi connectivity index (χ2v) is 19.9. The molecule has 0 aliphatic carbocycles. The number of hydrogen-bond donors (Lipinski definition) is 4. The molecule has 6 rings (SSSR count). The lowest BCUT2D eigenvalue weighted by atomic mass is 10.2. The van der Waals surface area contributed by atoms with Gasteiger partial charge in [-0.05, 0) is 97.5 Å². The third-order valence-corrected chi connectivity index (χ3v) is 11.9. The molecule has 4 N–H and O–H groups in total. The topological polar surface area (TPSA) is 207 Å². The second kappa shape index (κ2) is 22.3. The molecule has 0 unspecified atom stereocenters. The first kappa shape index (κ1) is 48.8. The zero-order valence-electron chi connectivity index (χ0n) is 34.2. The number of aryl methyl sites for hydroxylation is 3. The third-order valence-electron chi connectivity index (χ3n) is 8.84. The van der Waals surface area contributed by atoms with Crippen molar-refractivity contribution in [1.29, 1.82) is 0 Å². The van der Waals surface area contributed by atoms with Crippen LogP contribution in [0.4, 0.5) is 17.1 Å². The Bertz CT molecular complexity index is 2540. The number of nitrogens with one attached hydrogen (secondary N) is 3. The SMILES string of the molecule is Cc1ccc(S(=O)(=O)O)cc1.Cc1ccc(S(=O)(=O)[O-])cc1.Cn1cc(NC(=O)CC[S+](C)C)cc1-c1nc2ccc(C(=O)Nc3ccc(N(CCCl)CCCl)cc3)cc2[nH]1. The van der Waals surface area contributed by atoms with Crippen molar-refractivity contribution < 1.29 is 35.5 Å². The largest absolute Gasteiger partial charge is 0.744 e. The third kappa shape index (κ3) is 15.2. The number of benzene rings is 4. The van der Waals surface area contributed by atoms with Gasteiger partial charge in [-0.3, -0.25) is 14.1 Å². The molecule has 326 valence electrons. The van der Waals surface area contributed by atoms with Gasteiger partial charge in [-0.1, -0.05) is 35.4 Å². The van der Waals surface area contributed by atoms with Gasteiger partial charge >= 0.3 is 0 Å². The number of carbonyl (C=O) groups excluding carboxylic acids is 2. The molecule has 0 radical (unpaired) electrons. The lowest BCUT2D eigenvalue weighted by Crippen LogP contribution is -2.27. The molecule has 2 aromatic heterocycles. The molecule has 0 saturated carbocycles. The van der Waals surface area contributed by atoms with Gasteiger partial charge < -0.3 is 29.6 Å². The number of fused-ring (bicyclic) bond motifs is 1. The van der Waals surface area contributed by atoms with Gasteiger partial charge in [-0.2, -0.15) is 8.42 Å². The van der Waals surface area contributed by atoms with E-state index >= 15 is 0 Å². The van der Waals surface area contributed by atoms with Crippen LogP contribution in [-0.4, -0.2) is 95.4 Å². The maximum atomic E-state index is 13.0. The van der Waals surface area contributed by atoms with Crippen LogP contribution in [-0.2, 0) is 43.0 Å². The van der Waals surface area contributed by atoms with Crippen LogP contribution in [0.15, 0.2) is 113 Å². The number of nitrogens with zero attached hydrogens (tertiary/aromatic N) is 3. The van der Waals surface area contributed by atoms with Gasteiger partial charge in [0, 0.05) is 55.0 Å². The Morgan fingerprint density at radius 1 is 0.820 bits per heavy atom. The number of hydrogen-bond acceptors (Lipinski definition) is 9.